The number of ether oxygens (including phenoxy) is 1. The summed E-state index contributed by atoms with van der Waals surface area (Å²) in [6.07, 6.45) is 9.22. The van der Waals surface area contributed by atoms with Gasteiger partial charge in [0.15, 0.2) is 0 Å². The Morgan fingerprint density at radius 2 is 2.11 bits per heavy atom. The predicted molar refractivity (Wildman–Crippen MR) is 70.2 cm³/mol. The summed E-state index contributed by atoms with van der Waals surface area (Å²) in [6.45, 7) is 6.34. The zero-order valence-corrected chi connectivity index (χ0v) is 14.4. The number of imidazole rings is 1. The number of aryl methyl sites for hydroxylation is 3. The van der Waals surface area contributed by atoms with E-state index < -0.39 is 0 Å². The quantitative estimate of drug-likeness (QED) is 0.254. The van der Waals surface area contributed by atoms with Crippen LogP contribution in [0.3, 0.4) is 0 Å². The second kappa shape index (κ2) is 10.2. The highest BCUT2D eigenvalue weighted by Crippen LogP contribution is 2.03. The zero-order valence-electron chi connectivity index (χ0n) is 12.2. The van der Waals surface area contributed by atoms with Crippen LogP contribution in [0, 0.1) is 0 Å². The molecule has 4 nitrogen and oxygen atoms in total. The summed E-state index contributed by atoms with van der Waals surface area (Å²) < 4.78 is 9.11. The van der Waals surface area contributed by atoms with Gasteiger partial charge in [-0.05, 0) is 19.8 Å². The van der Waals surface area contributed by atoms with Crippen molar-refractivity contribution >= 4 is 5.97 Å². The normalized spacial score (nSPS) is 10.1. The van der Waals surface area contributed by atoms with Gasteiger partial charge in [-0.3, -0.25) is 4.79 Å². The van der Waals surface area contributed by atoms with Gasteiger partial charge in [-0.15, -0.1) is 0 Å². The van der Waals surface area contributed by atoms with E-state index in [1.165, 1.54) is 32.1 Å². The predicted octanol–water partition coefficient (Wildman–Crippen LogP) is -0.905. The first-order valence-electron chi connectivity index (χ1n) is 6.86. The van der Waals surface area contributed by atoms with Crippen LogP contribution < -0.4 is 28.5 Å². The van der Waals surface area contributed by atoms with Crippen molar-refractivity contribution in [3.8, 4) is 0 Å². The van der Waals surface area contributed by atoms with Gasteiger partial charge in [-0.25, -0.2) is 9.13 Å². The van der Waals surface area contributed by atoms with Crippen LogP contribution >= 0.6 is 0 Å². The highest BCUT2D eigenvalue weighted by Gasteiger charge is 2.13. The van der Waals surface area contributed by atoms with Crippen molar-refractivity contribution in [3.63, 3.8) is 0 Å². The average Bonchev–Trinajstić information content (AvgIpc) is 2.78. The summed E-state index contributed by atoms with van der Waals surface area (Å²) in [5.74, 6) is -0.142. The number of carbonyl (C=O) groups is 1. The van der Waals surface area contributed by atoms with E-state index in [4.69, 9.17) is 0 Å². The number of rotatable bonds is 8. The Morgan fingerprint density at radius 3 is 2.68 bits per heavy atom. The average molecular weight is 380 g/mol. The molecule has 0 amide bonds. The summed E-state index contributed by atoms with van der Waals surface area (Å²) >= 11 is 0. The molecule has 1 rings (SSSR count). The third-order valence-electron chi connectivity index (χ3n) is 3.14. The fraction of sp³-hybridized carbons (Fsp3) is 0.714. The second-order valence-corrected chi connectivity index (χ2v) is 4.54. The molecule has 0 N–H and O–H groups in total. The molecule has 0 spiro atoms. The van der Waals surface area contributed by atoms with Gasteiger partial charge >= 0.3 is 5.97 Å². The van der Waals surface area contributed by atoms with Crippen molar-refractivity contribution < 1.29 is 38.1 Å². The van der Waals surface area contributed by atoms with E-state index in [0.717, 1.165) is 19.5 Å². The molecule has 0 aliphatic heterocycles. The standard InChI is InChI=1S/C14H25N2O2.HI/c1-4-6-7-10-15-11-13(16(5-2)12-15)8-9-14(17)18-3;/h11-12H,4-10H2,1-3H3;1H/q+1;/p-1. The molecule has 0 bridgehead atoms. The fourth-order valence-electron chi connectivity index (χ4n) is 2.04. The van der Waals surface area contributed by atoms with E-state index in [-0.39, 0.29) is 29.9 Å². The molecule has 1 aromatic rings. The monoisotopic (exact) mass is 380 g/mol. The first-order valence-corrected chi connectivity index (χ1v) is 6.86. The molecule has 1 aromatic heterocycles. The number of esters is 1. The number of hydrogen-bond donors (Lipinski definition) is 0. The summed E-state index contributed by atoms with van der Waals surface area (Å²) in [5.41, 5.74) is 1.21. The topological polar surface area (TPSA) is 35.1 Å². The number of hydrogen-bond acceptors (Lipinski definition) is 2. The molecular formula is C14H25IN2O2. The van der Waals surface area contributed by atoms with Gasteiger partial charge in [-0.2, -0.15) is 0 Å². The first-order chi connectivity index (χ1) is 8.71. The van der Waals surface area contributed by atoms with Gasteiger partial charge in [-0.1, -0.05) is 13.3 Å². The number of methoxy groups -OCH3 is 1. The van der Waals surface area contributed by atoms with E-state index in [0.29, 0.717) is 6.42 Å². The summed E-state index contributed by atoms with van der Waals surface area (Å²) in [7, 11) is 1.44. The highest BCUT2D eigenvalue weighted by atomic mass is 127. The SMILES string of the molecule is CCCCCn1cc(CCC(=O)OC)[n+](CC)c1.[I-]. The van der Waals surface area contributed by atoms with Crippen LogP contribution in [0.25, 0.3) is 0 Å². The third-order valence-corrected chi connectivity index (χ3v) is 3.14. The molecule has 5 heteroatoms. The highest BCUT2D eigenvalue weighted by molar-refractivity contribution is 5.69. The lowest BCUT2D eigenvalue weighted by atomic mass is 10.2. The number of aromatic nitrogens is 2. The molecule has 0 unspecified atom stereocenters. The lowest BCUT2D eigenvalue weighted by Crippen LogP contribution is -3.00. The summed E-state index contributed by atoms with van der Waals surface area (Å²) in [5, 5.41) is 0. The van der Waals surface area contributed by atoms with Crippen molar-refractivity contribution in [1.29, 1.82) is 0 Å². The van der Waals surface area contributed by atoms with Crippen molar-refractivity contribution in [2.24, 2.45) is 0 Å². The minimum atomic E-state index is -0.142. The maximum Gasteiger partial charge on any atom is 0.305 e. The Kier molecular flexibility index (Phi) is 9.91. The van der Waals surface area contributed by atoms with Crippen LogP contribution in [-0.2, 0) is 29.0 Å². The van der Waals surface area contributed by atoms with E-state index in [1.54, 1.807) is 0 Å². The molecule has 0 fully saturated rings. The number of nitrogens with zero attached hydrogens (tertiary/aromatic N) is 2. The molecule has 0 saturated carbocycles. The second-order valence-electron chi connectivity index (χ2n) is 4.54. The van der Waals surface area contributed by atoms with Gasteiger partial charge < -0.3 is 28.7 Å². The van der Waals surface area contributed by atoms with E-state index in [1.807, 2.05) is 0 Å². The maximum absolute atomic E-state index is 11.2. The van der Waals surface area contributed by atoms with Crippen LogP contribution in [0.15, 0.2) is 12.5 Å². The van der Waals surface area contributed by atoms with E-state index in [2.05, 4.69) is 40.2 Å². The Labute approximate surface area is 133 Å². The maximum atomic E-state index is 11.2. The molecule has 0 radical (unpaired) electrons. The van der Waals surface area contributed by atoms with Crippen LogP contribution in [0.5, 0.6) is 0 Å². The van der Waals surface area contributed by atoms with Crippen molar-refractivity contribution in [2.75, 3.05) is 7.11 Å². The Morgan fingerprint density at radius 1 is 1.37 bits per heavy atom. The molecule has 0 aromatic carbocycles. The minimum absolute atomic E-state index is 0. The Balaban J connectivity index is 0.00000324. The number of carbonyl (C=O) groups excluding carboxylic acids is 1. The van der Waals surface area contributed by atoms with Crippen molar-refractivity contribution in [2.45, 2.75) is 59.0 Å². The minimum Gasteiger partial charge on any atom is -1.00 e. The van der Waals surface area contributed by atoms with Gasteiger partial charge in [0, 0.05) is 6.42 Å². The first kappa shape index (κ1) is 18.4. The summed E-state index contributed by atoms with van der Waals surface area (Å²) in [4.78, 5) is 11.2. The van der Waals surface area contributed by atoms with Gasteiger partial charge in [0.05, 0.1) is 26.6 Å². The van der Waals surface area contributed by atoms with Gasteiger partial charge in [0.2, 0.25) is 6.33 Å². The smallest absolute Gasteiger partial charge is 0.305 e. The Bertz CT molecular complexity index is 378. The number of halogens is 1. The van der Waals surface area contributed by atoms with Crippen molar-refractivity contribution in [3.05, 3.63) is 18.2 Å². The Hall–Kier alpha value is -0.590. The molecular weight excluding hydrogens is 355 g/mol. The van der Waals surface area contributed by atoms with Gasteiger partial charge in [0.25, 0.3) is 0 Å². The molecule has 0 aliphatic carbocycles. The van der Waals surface area contributed by atoms with Gasteiger partial charge in [0.1, 0.15) is 11.9 Å². The lowest BCUT2D eigenvalue weighted by molar-refractivity contribution is -0.700. The van der Waals surface area contributed by atoms with Crippen LogP contribution in [0.2, 0.25) is 0 Å². The lowest BCUT2D eigenvalue weighted by Gasteiger charge is -1.97. The molecule has 19 heavy (non-hydrogen) atoms. The molecule has 110 valence electrons. The summed E-state index contributed by atoms with van der Waals surface area (Å²) in [6, 6.07) is 0. The fourth-order valence-corrected chi connectivity index (χ4v) is 2.04. The zero-order chi connectivity index (χ0) is 13.4. The molecule has 0 atom stereocenters. The van der Waals surface area contributed by atoms with E-state index in [9.17, 15) is 4.79 Å². The van der Waals surface area contributed by atoms with Crippen molar-refractivity contribution in [1.82, 2.24) is 4.57 Å². The largest absolute Gasteiger partial charge is 1.00 e. The van der Waals surface area contributed by atoms with E-state index >= 15 is 0 Å². The molecule has 0 saturated heterocycles. The molecule has 1 heterocycles. The number of unbranched alkanes of at least 4 members (excludes halogenated alkanes) is 2. The van der Waals surface area contributed by atoms with Crippen LogP contribution in [-0.4, -0.2) is 17.6 Å². The van der Waals surface area contributed by atoms with Crippen LogP contribution in [0.1, 0.15) is 45.2 Å². The third kappa shape index (κ3) is 6.40. The van der Waals surface area contributed by atoms with Crippen LogP contribution in [0.4, 0.5) is 0 Å². The molecule has 0 aliphatic rings.